The highest BCUT2D eigenvalue weighted by molar-refractivity contribution is 5.45. The monoisotopic (exact) mass is 292 g/mol. The number of hydrogen-bond acceptors (Lipinski definition) is 5. The summed E-state index contributed by atoms with van der Waals surface area (Å²) in [7, 11) is 6.47. The van der Waals surface area contributed by atoms with E-state index in [1.807, 2.05) is 6.92 Å². The molecule has 2 aromatic rings. The number of hydrogen-bond donors (Lipinski definition) is 1. The second-order valence-electron chi connectivity index (χ2n) is 4.68. The highest BCUT2D eigenvalue weighted by Gasteiger charge is 2.23. The van der Waals surface area contributed by atoms with Crippen molar-refractivity contribution in [1.29, 1.82) is 0 Å². The van der Waals surface area contributed by atoms with Gasteiger partial charge in [0.05, 0.1) is 32.6 Å². The van der Waals surface area contributed by atoms with Crippen LogP contribution in [0.1, 0.15) is 22.9 Å². The van der Waals surface area contributed by atoms with Crippen LogP contribution in [-0.2, 0) is 7.05 Å². The Bertz CT molecular complexity index is 615. The first-order chi connectivity index (χ1) is 10.0. The molecule has 0 radical (unpaired) electrons. The second-order valence-corrected chi connectivity index (χ2v) is 4.68. The van der Waals surface area contributed by atoms with Crippen molar-refractivity contribution < 1.29 is 19.3 Å². The number of methoxy groups -OCH3 is 3. The molecular formula is C15H20N2O4. The Balaban J connectivity index is 2.51. The Morgan fingerprint density at radius 2 is 1.62 bits per heavy atom. The van der Waals surface area contributed by atoms with Gasteiger partial charge in [-0.15, -0.1) is 0 Å². The van der Waals surface area contributed by atoms with Gasteiger partial charge in [-0.1, -0.05) is 0 Å². The first-order valence-corrected chi connectivity index (χ1v) is 6.50. The SMILES string of the molecule is COc1cc(OC)cc(C(O)c2c(C)nn(C)c2OC)c1. The molecule has 1 unspecified atom stereocenters. The summed E-state index contributed by atoms with van der Waals surface area (Å²) in [5, 5.41) is 15.0. The van der Waals surface area contributed by atoms with Crippen LogP contribution in [0.25, 0.3) is 0 Å². The van der Waals surface area contributed by atoms with Crippen molar-refractivity contribution in [3.05, 3.63) is 35.0 Å². The molecule has 2 rings (SSSR count). The summed E-state index contributed by atoms with van der Waals surface area (Å²) < 4.78 is 17.4. The molecule has 6 heteroatoms. The maximum Gasteiger partial charge on any atom is 0.217 e. The number of aromatic nitrogens is 2. The Hall–Kier alpha value is -2.21. The number of aliphatic hydroxyl groups is 1. The minimum Gasteiger partial charge on any atom is -0.497 e. The molecule has 6 nitrogen and oxygen atoms in total. The van der Waals surface area contributed by atoms with E-state index < -0.39 is 6.10 Å². The summed E-state index contributed by atoms with van der Waals surface area (Å²) in [4.78, 5) is 0. The molecule has 21 heavy (non-hydrogen) atoms. The molecule has 0 bridgehead atoms. The fourth-order valence-electron chi connectivity index (χ4n) is 2.36. The van der Waals surface area contributed by atoms with Crippen molar-refractivity contribution >= 4 is 0 Å². The summed E-state index contributed by atoms with van der Waals surface area (Å²) in [6, 6.07) is 5.28. The molecule has 0 aliphatic rings. The Morgan fingerprint density at radius 1 is 1.05 bits per heavy atom. The first-order valence-electron chi connectivity index (χ1n) is 6.50. The molecule has 1 N–H and O–H groups in total. The predicted molar refractivity (Wildman–Crippen MR) is 78.1 cm³/mol. The molecule has 0 amide bonds. The molecule has 0 saturated heterocycles. The molecule has 0 aliphatic carbocycles. The van der Waals surface area contributed by atoms with Gasteiger partial charge >= 0.3 is 0 Å². The van der Waals surface area contributed by atoms with Crippen LogP contribution in [0.15, 0.2) is 18.2 Å². The second kappa shape index (κ2) is 6.05. The fraction of sp³-hybridized carbons (Fsp3) is 0.400. The molecule has 0 spiro atoms. The topological polar surface area (TPSA) is 65.7 Å². The number of rotatable bonds is 5. The smallest absolute Gasteiger partial charge is 0.217 e. The lowest BCUT2D eigenvalue weighted by atomic mass is 10.0. The van der Waals surface area contributed by atoms with E-state index in [1.165, 1.54) is 0 Å². The van der Waals surface area contributed by atoms with Crippen LogP contribution < -0.4 is 14.2 Å². The van der Waals surface area contributed by atoms with E-state index >= 15 is 0 Å². The van der Waals surface area contributed by atoms with Gasteiger partial charge in [-0.3, -0.25) is 0 Å². The third-order valence-electron chi connectivity index (χ3n) is 3.37. The summed E-state index contributed by atoms with van der Waals surface area (Å²) in [6.07, 6.45) is -0.877. The molecule has 1 aromatic carbocycles. The first kappa shape index (κ1) is 15.2. The Labute approximate surface area is 123 Å². The van der Waals surface area contributed by atoms with Crippen molar-refractivity contribution in [3.63, 3.8) is 0 Å². The Kier molecular flexibility index (Phi) is 4.37. The van der Waals surface area contributed by atoms with Crippen LogP contribution in [0.2, 0.25) is 0 Å². The van der Waals surface area contributed by atoms with Crippen LogP contribution in [0, 0.1) is 6.92 Å². The maximum absolute atomic E-state index is 10.7. The van der Waals surface area contributed by atoms with Crippen LogP contribution in [-0.4, -0.2) is 36.2 Å². The average Bonchev–Trinajstić information content (AvgIpc) is 2.79. The lowest BCUT2D eigenvalue weighted by Crippen LogP contribution is -2.04. The van der Waals surface area contributed by atoms with Gasteiger partial charge in [-0.25, -0.2) is 4.68 Å². The van der Waals surface area contributed by atoms with Crippen molar-refractivity contribution in [3.8, 4) is 17.4 Å². The van der Waals surface area contributed by atoms with Crippen LogP contribution in [0.5, 0.6) is 17.4 Å². The zero-order chi connectivity index (χ0) is 15.6. The van der Waals surface area contributed by atoms with Gasteiger partial charge in [0, 0.05) is 13.1 Å². The quantitative estimate of drug-likeness (QED) is 0.911. The molecule has 1 heterocycles. The maximum atomic E-state index is 10.7. The lowest BCUT2D eigenvalue weighted by Gasteiger charge is -2.15. The minimum atomic E-state index is -0.877. The van der Waals surface area contributed by atoms with Crippen molar-refractivity contribution in [1.82, 2.24) is 9.78 Å². The molecule has 1 atom stereocenters. The lowest BCUT2D eigenvalue weighted by molar-refractivity contribution is 0.212. The molecule has 114 valence electrons. The van der Waals surface area contributed by atoms with Gasteiger partial charge in [0.15, 0.2) is 0 Å². The highest BCUT2D eigenvalue weighted by Crippen LogP contribution is 2.35. The summed E-state index contributed by atoms with van der Waals surface area (Å²) in [5.41, 5.74) is 2.00. The van der Waals surface area contributed by atoms with Crippen molar-refractivity contribution in [2.45, 2.75) is 13.0 Å². The standard InChI is InChI=1S/C15H20N2O4/c1-9-13(15(21-5)17(2)16-9)14(18)10-6-11(19-3)8-12(7-10)20-4/h6-8,14,18H,1-5H3. The van der Waals surface area contributed by atoms with Crippen molar-refractivity contribution in [2.75, 3.05) is 21.3 Å². The van der Waals surface area contributed by atoms with E-state index in [2.05, 4.69) is 5.10 Å². The van der Waals surface area contributed by atoms with Gasteiger partial charge in [-0.2, -0.15) is 5.10 Å². The van der Waals surface area contributed by atoms with Crippen LogP contribution in [0.3, 0.4) is 0 Å². The molecular weight excluding hydrogens is 272 g/mol. The summed E-state index contributed by atoms with van der Waals surface area (Å²) in [5.74, 6) is 1.76. The normalized spacial score (nSPS) is 12.1. The Morgan fingerprint density at radius 3 is 2.10 bits per heavy atom. The average molecular weight is 292 g/mol. The summed E-state index contributed by atoms with van der Waals surface area (Å²) in [6.45, 7) is 1.83. The van der Waals surface area contributed by atoms with Gasteiger partial charge in [0.25, 0.3) is 0 Å². The predicted octanol–water partition coefficient (Wildman–Crippen LogP) is 1.84. The van der Waals surface area contributed by atoms with Crippen LogP contribution in [0.4, 0.5) is 0 Å². The number of aryl methyl sites for hydroxylation is 2. The zero-order valence-electron chi connectivity index (χ0n) is 12.9. The molecule has 0 saturated carbocycles. The van der Waals surface area contributed by atoms with Gasteiger partial charge in [0.1, 0.15) is 17.6 Å². The van der Waals surface area contributed by atoms with E-state index in [4.69, 9.17) is 14.2 Å². The van der Waals surface area contributed by atoms with Crippen molar-refractivity contribution in [2.24, 2.45) is 7.05 Å². The number of nitrogens with zero attached hydrogens (tertiary/aromatic N) is 2. The van der Waals surface area contributed by atoms with E-state index in [-0.39, 0.29) is 0 Å². The molecule has 1 aromatic heterocycles. The highest BCUT2D eigenvalue weighted by atomic mass is 16.5. The number of benzene rings is 1. The minimum absolute atomic E-state index is 0.529. The zero-order valence-corrected chi connectivity index (χ0v) is 12.9. The fourth-order valence-corrected chi connectivity index (χ4v) is 2.36. The summed E-state index contributed by atoms with van der Waals surface area (Å²) >= 11 is 0. The third kappa shape index (κ3) is 2.80. The van der Waals surface area contributed by atoms with Crippen LogP contribution >= 0.6 is 0 Å². The number of ether oxygens (including phenoxy) is 3. The third-order valence-corrected chi connectivity index (χ3v) is 3.37. The largest absolute Gasteiger partial charge is 0.497 e. The van der Waals surface area contributed by atoms with Gasteiger partial charge in [-0.05, 0) is 24.6 Å². The van der Waals surface area contributed by atoms with E-state index in [0.717, 1.165) is 0 Å². The van der Waals surface area contributed by atoms with E-state index in [9.17, 15) is 5.11 Å². The van der Waals surface area contributed by atoms with Gasteiger partial charge in [0.2, 0.25) is 5.88 Å². The molecule has 0 fully saturated rings. The van der Waals surface area contributed by atoms with E-state index in [0.29, 0.717) is 34.2 Å². The molecule has 0 aliphatic heterocycles. The van der Waals surface area contributed by atoms with E-state index in [1.54, 1.807) is 51.3 Å². The number of aliphatic hydroxyl groups excluding tert-OH is 1. The van der Waals surface area contributed by atoms with Gasteiger partial charge < -0.3 is 19.3 Å².